The van der Waals surface area contributed by atoms with E-state index in [0.29, 0.717) is 11.1 Å². The Labute approximate surface area is 122 Å². The van der Waals surface area contributed by atoms with Gasteiger partial charge in [0, 0.05) is 31.4 Å². The molecule has 0 atom stereocenters. The summed E-state index contributed by atoms with van der Waals surface area (Å²) in [5, 5.41) is 12.7. The van der Waals surface area contributed by atoms with Crippen LogP contribution in [0.2, 0.25) is 0 Å². The highest BCUT2D eigenvalue weighted by molar-refractivity contribution is 5.75. The predicted octanol–water partition coefficient (Wildman–Crippen LogP) is 1.84. The van der Waals surface area contributed by atoms with E-state index in [2.05, 4.69) is 5.10 Å². The number of rotatable bonds is 4. The molecule has 0 bridgehead atoms. The molecule has 0 aliphatic carbocycles. The van der Waals surface area contributed by atoms with Crippen LogP contribution in [0.25, 0.3) is 11.1 Å². The Hall–Kier alpha value is -2.68. The van der Waals surface area contributed by atoms with Crippen molar-refractivity contribution in [3.63, 3.8) is 0 Å². The lowest BCUT2D eigenvalue weighted by Gasteiger charge is -2.09. The molecule has 5 nitrogen and oxygen atoms in total. The van der Waals surface area contributed by atoms with Crippen molar-refractivity contribution in [3.05, 3.63) is 42.0 Å². The molecule has 21 heavy (non-hydrogen) atoms. The standard InChI is InChI=1S/C15H15FN4O/c1-19(2)15(21)10-20-9-13(8-18-20)12-4-3-11(5-6-17)14(16)7-12/h3-4,7-9H,5,10H2,1-2H3. The quantitative estimate of drug-likeness (QED) is 0.861. The monoisotopic (exact) mass is 286 g/mol. The number of nitrogens with zero attached hydrogens (tertiary/aromatic N) is 4. The third kappa shape index (κ3) is 3.45. The van der Waals surface area contributed by atoms with Gasteiger partial charge in [-0.15, -0.1) is 0 Å². The van der Waals surface area contributed by atoms with Crippen molar-refractivity contribution in [1.82, 2.24) is 14.7 Å². The summed E-state index contributed by atoms with van der Waals surface area (Å²) in [6, 6.07) is 6.63. The van der Waals surface area contributed by atoms with E-state index in [0.717, 1.165) is 5.56 Å². The van der Waals surface area contributed by atoms with Gasteiger partial charge in [-0.3, -0.25) is 9.48 Å². The van der Waals surface area contributed by atoms with E-state index in [1.165, 1.54) is 15.6 Å². The summed E-state index contributed by atoms with van der Waals surface area (Å²) in [6.45, 7) is 0.141. The average Bonchev–Trinajstić information content (AvgIpc) is 2.89. The zero-order valence-electron chi connectivity index (χ0n) is 11.9. The summed E-state index contributed by atoms with van der Waals surface area (Å²) in [5.41, 5.74) is 1.76. The molecule has 1 amide bonds. The molecule has 108 valence electrons. The predicted molar refractivity (Wildman–Crippen MR) is 75.6 cm³/mol. The van der Waals surface area contributed by atoms with Gasteiger partial charge in [0.15, 0.2) is 0 Å². The highest BCUT2D eigenvalue weighted by Gasteiger charge is 2.09. The van der Waals surface area contributed by atoms with Gasteiger partial charge in [0.2, 0.25) is 5.91 Å². The molecular weight excluding hydrogens is 271 g/mol. The maximum atomic E-state index is 13.8. The number of likely N-dealkylation sites (N-methyl/N-ethyl adjacent to an activating group) is 1. The van der Waals surface area contributed by atoms with Crippen LogP contribution < -0.4 is 0 Å². The van der Waals surface area contributed by atoms with Crippen LogP contribution in [-0.2, 0) is 17.8 Å². The van der Waals surface area contributed by atoms with Gasteiger partial charge in [-0.25, -0.2) is 4.39 Å². The lowest BCUT2D eigenvalue weighted by molar-refractivity contribution is -0.129. The van der Waals surface area contributed by atoms with Crippen LogP contribution in [0.3, 0.4) is 0 Å². The fourth-order valence-corrected chi connectivity index (χ4v) is 1.83. The zero-order chi connectivity index (χ0) is 15.4. The minimum absolute atomic E-state index is 0.0444. The van der Waals surface area contributed by atoms with Crippen LogP contribution in [0.4, 0.5) is 4.39 Å². The number of carbonyl (C=O) groups excluding carboxylic acids is 1. The van der Waals surface area contributed by atoms with E-state index in [1.807, 2.05) is 6.07 Å². The summed E-state index contributed by atoms with van der Waals surface area (Å²) in [6.07, 6.45) is 3.32. The summed E-state index contributed by atoms with van der Waals surface area (Å²) in [4.78, 5) is 13.1. The van der Waals surface area contributed by atoms with E-state index in [9.17, 15) is 9.18 Å². The summed E-state index contributed by atoms with van der Waals surface area (Å²) in [7, 11) is 3.35. The first kappa shape index (κ1) is 14.7. The third-order valence-electron chi connectivity index (χ3n) is 3.09. The van der Waals surface area contributed by atoms with E-state index < -0.39 is 5.82 Å². The van der Waals surface area contributed by atoms with Gasteiger partial charge in [-0.05, 0) is 11.6 Å². The topological polar surface area (TPSA) is 61.9 Å². The largest absolute Gasteiger partial charge is 0.347 e. The molecule has 0 unspecified atom stereocenters. The first-order chi connectivity index (χ1) is 10.0. The lowest BCUT2D eigenvalue weighted by Crippen LogP contribution is -2.26. The average molecular weight is 286 g/mol. The molecule has 0 fully saturated rings. The number of amides is 1. The van der Waals surface area contributed by atoms with Crippen molar-refractivity contribution < 1.29 is 9.18 Å². The number of aromatic nitrogens is 2. The SMILES string of the molecule is CN(C)C(=O)Cn1cc(-c2ccc(CC#N)c(F)c2)cn1. The van der Waals surface area contributed by atoms with Crippen LogP contribution in [0, 0.1) is 17.1 Å². The van der Waals surface area contributed by atoms with Gasteiger partial charge in [0.25, 0.3) is 0 Å². The summed E-state index contributed by atoms with van der Waals surface area (Å²) < 4.78 is 15.3. The van der Waals surface area contributed by atoms with Crippen LogP contribution in [0.1, 0.15) is 5.56 Å². The number of benzene rings is 1. The van der Waals surface area contributed by atoms with E-state index >= 15 is 0 Å². The van der Waals surface area contributed by atoms with Crippen molar-refractivity contribution in [1.29, 1.82) is 5.26 Å². The molecule has 1 heterocycles. The Kier molecular flexibility index (Phi) is 4.33. The summed E-state index contributed by atoms with van der Waals surface area (Å²) in [5.74, 6) is -0.480. The molecule has 0 spiro atoms. The van der Waals surface area contributed by atoms with E-state index in [4.69, 9.17) is 5.26 Å². The Morgan fingerprint density at radius 1 is 1.43 bits per heavy atom. The van der Waals surface area contributed by atoms with Crippen LogP contribution in [-0.4, -0.2) is 34.7 Å². The smallest absolute Gasteiger partial charge is 0.243 e. The van der Waals surface area contributed by atoms with Crippen molar-refractivity contribution in [2.75, 3.05) is 14.1 Å². The highest BCUT2D eigenvalue weighted by atomic mass is 19.1. The number of halogens is 1. The molecule has 1 aromatic carbocycles. The van der Waals surface area contributed by atoms with Crippen molar-refractivity contribution in [2.24, 2.45) is 0 Å². The molecule has 0 radical (unpaired) electrons. The Balaban J connectivity index is 2.20. The van der Waals surface area contributed by atoms with Crippen molar-refractivity contribution in [2.45, 2.75) is 13.0 Å². The van der Waals surface area contributed by atoms with Crippen molar-refractivity contribution >= 4 is 5.91 Å². The first-order valence-electron chi connectivity index (χ1n) is 6.39. The molecule has 0 aliphatic rings. The molecular formula is C15H15FN4O. The fraction of sp³-hybridized carbons (Fsp3) is 0.267. The molecule has 0 aliphatic heterocycles. The third-order valence-corrected chi connectivity index (χ3v) is 3.09. The maximum absolute atomic E-state index is 13.8. The number of nitriles is 1. The molecule has 0 N–H and O–H groups in total. The van der Waals surface area contributed by atoms with E-state index in [1.54, 1.807) is 38.6 Å². The number of carbonyl (C=O) groups is 1. The number of hydrogen-bond donors (Lipinski definition) is 0. The number of hydrogen-bond acceptors (Lipinski definition) is 3. The van der Waals surface area contributed by atoms with Gasteiger partial charge in [-0.2, -0.15) is 10.4 Å². The molecule has 2 aromatic rings. The van der Waals surface area contributed by atoms with Crippen LogP contribution >= 0.6 is 0 Å². The molecule has 0 saturated carbocycles. The minimum Gasteiger partial charge on any atom is -0.347 e. The normalized spacial score (nSPS) is 10.2. The zero-order valence-corrected chi connectivity index (χ0v) is 11.9. The molecule has 1 aromatic heterocycles. The Morgan fingerprint density at radius 2 is 2.19 bits per heavy atom. The van der Waals surface area contributed by atoms with E-state index in [-0.39, 0.29) is 18.9 Å². The van der Waals surface area contributed by atoms with Crippen molar-refractivity contribution in [3.8, 4) is 17.2 Å². The van der Waals surface area contributed by atoms with Gasteiger partial charge in [-0.1, -0.05) is 12.1 Å². The fourth-order valence-electron chi connectivity index (χ4n) is 1.83. The second-order valence-corrected chi connectivity index (χ2v) is 4.86. The van der Waals surface area contributed by atoms with Crippen LogP contribution in [0.15, 0.2) is 30.6 Å². The van der Waals surface area contributed by atoms with Gasteiger partial charge >= 0.3 is 0 Å². The molecule has 2 rings (SSSR count). The molecule has 6 heteroatoms. The lowest BCUT2D eigenvalue weighted by atomic mass is 10.1. The molecule has 0 saturated heterocycles. The second kappa shape index (κ2) is 6.18. The highest BCUT2D eigenvalue weighted by Crippen LogP contribution is 2.21. The van der Waals surface area contributed by atoms with Gasteiger partial charge in [0.05, 0.1) is 18.7 Å². The van der Waals surface area contributed by atoms with Crippen LogP contribution in [0.5, 0.6) is 0 Å². The Bertz CT molecular complexity index is 700. The second-order valence-electron chi connectivity index (χ2n) is 4.86. The Morgan fingerprint density at radius 3 is 2.81 bits per heavy atom. The van der Waals surface area contributed by atoms with Gasteiger partial charge in [0.1, 0.15) is 12.4 Å². The van der Waals surface area contributed by atoms with Gasteiger partial charge < -0.3 is 4.90 Å². The maximum Gasteiger partial charge on any atom is 0.243 e. The minimum atomic E-state index is -0.411. The first-order valence-corrected chi connectivity index (χ1v) is 6.39. The summed E-state index contributed by atoms with van der Waals surface area (Å²) >= 11 is 0.